The van der Waals surface area contributed by atoms with Crippen molar-refractivity contribution in [3.63, 3.8) is 0 Å². The third-order valence-electron chi connectivity index (χ3n) is 5.50. The SMILES string of the molecule is C[C@H](NC(=O)c1ccc(C(=O)N2CCC[C@H]2C)c(Br)c1)c1nc2cc(Cl)ccc2[nH]1. The van der Waals surface area contributed by atoms with Gasteiger partial charge in [-0.3, -0.25) is 9.59 Å². The first-order chi connectivity index (χ1) is 14.3. The Morgan fingerprint density at radius 3 is 2.80 bits per heavy atom. The second-order valence-corrected chi connectivity index (χ2v) is 8.95. The van der Waals surface area contributed by atoms with Crippen molar-refractivity contribution in [1.82, 2.24) is 20.2 Å². The van der Waals surface area contributed by atoms with Crippen LogP contribution in [0.4, 0.5) is 0 Å². The van der Waals surface area contributed by atoms with Crippen molar-refractivity contribution < 1.29 is 9.59 Å². The summed E-state index contributed by atoms with van der Waals surface area (Å²) in [6, 6.07) is 10.4. The minimum Gasteiger partial charge on any atom is -0.342 e. The lowest BCUT2D eigenvalue weighted by Crippen LogP contribution is -2.34. The predicted molar refractivity (Wildman–Crippen MR) is 121 cm³/mol. The fourth-order valence-corrected chi connectivity index (χ4v) is 4.49. The molecule has 0 saturated carbocycles. The van der Waals surface area contributed by atoms with Crippen molar-refractivity contribution in [3.05, 3.63) is 62.8 Å². The molecule has 6 nitrogen and oxygen atoms in total. The van der Waals surface area contributed by atoms with Gasteiger partial charge in [-0.1, -0.05) is 11.6 Å². The number of imidazole rings is 1. The summed E-state index contributed by atoms with van der Waals surface area (Å²) in [5.41, 5.74) is 2.65. The quantitative estimate of drug-likeness (QED) is 0.535. The Kier molecular flexibility index (Phi) is 5.84. The van der Waals surface area contributed by atoms with E-state index in [1.165, 1.54) is 0 Å². The maximum Gasteiger partial charge on any atom is 0.255 e. The molecule has 1 fully saturated rings. The highest BCUT2D eigenvalue weighted by Gasteiger charge is 2.27. The highest BCUT2D eigenvalue weighted by molar-refractivity contribution is 9.10. The number of amides is 2. The van der Waals surface area contributed by atoms with Crippen molar-refractivity contribution in [2.24, 2.45) is 0 Å². The number of H-pyrrole nitrogens is 1. The summed E-state index contributed by atoms with van der Waals surface area (Å²) in [4.78, 5) is 35.2. The van der Waals surface area contributed by atoms with E-state index in [1.54, 1.807) is 30.3 Å². The fourth-order valence-electron chi connectivity index (χ4n) is 3.77. The topological polar surface area (TPSA) is 78.1 Å². The summed E-state index contributed by atoms with van der Waals surface area (Å²) in [6.07, 6.45) is 2.05. The van der Waals surface area contributed by atoms with E-state index in [9.17, 15) is 9.59 Å². The van der Waals surface area contributed by atoms with Crippen molar-refractivity contribution >= 4 is 50.4 Å². The zero-order chi connectivity index (χ0) is 21.4. The number of halogens is 2. The van der Waals surface area contributed by atoms with Gasteiger partial charge < -0.3 is 15.2 Å². The van der Waals surface area contributed by atoms with E-state index in [1.807, 2.05) is 17.9 Å². The number of nitrogens with one attached hydrogen (secondary N) is 2. The molecular formula is C22H22BrClN4O2. The van der Waals surface area contributed by atoms with Crippen LogP contribution < -0.4 is 5.32 Å². The van der Waals surface area contributed by atoms with Crippen LogP contribution >= 0.6 is 27.5 Å². The Bertz CT molecular complexity index is 1130. The zero-order valence-electron chi connectivity index (χ0n) is 16.7. The Hall–Kier alpha value is -2.38. The number of fused-ring (bicyclic) bond motifs is 1. The van der Waals surface area contributed by atoms with Crippen LogP contribution in [-0.2, 0) is 0 Å². The van der Waals surface area contributed by atoms with Gasteiger partial charge in [-0.15, -0.1) is 0 Å². The monoisotopic (exact) mass is 488 g/mol. The lowest BCUT2D eigenvalue weighted by Gasteiger charge is -2.22. The number of hydrogen-bond acceptors (Lipinski definition) is 3. The van der Waals surface area contributed by atoms with Crippen LogP contribution in [0.25, 0.3) is 11.0 Å². The molecule has 1 aliphatic rings. The van der Waals surface area contributed by atoms with Crippen LogP contribution in [0.3, 0.4) is 0 Å². The van der Waals surface area contributed by atoms with Crippen molar-refractivity contribution in [2.45, 2.75) is 38.8 Å². The molecule has 8 heteroatoms. The van der Waals surface area contributed by atoms with Gasteiger partial charge in [-0.05, 0) is 79.0 Å². The van der Waals surface area contributed by atoms with E-state index in [4.69, 9.17) is 11.6 Å². The minimum atomic E-state index is -0.325. The van der Waals surface area contributed by atoms with Gasteiger partial charge in [0.05, 0.1) is 22.6 Å². The molecule has 2 aromatic carbocycles. The molecule has 0 spiro atoms. The van der Waals surface area contributed by atoms with Gasteiger partial charge in [0, 0.05) is 27.6 Å². The minimum absolute atomic E-state index is 0.00635. The van der Waals surface area contributed by atoms with Gasteiger partial charge in [0.2, 0.25) is 0 Å². The number of carbonyl (C=O) groups excluding carboxylic acids is 2. The Morgan fingerprint density at radius 1 is 1.30 bits per heavy atom. The molecule has 3 aromatic rings. The molecule has 156 valence electrons. The number of benzene rings is 2. The van der Waals surface area contributed by atoms with E-state index in [0.717, 1.165) is 30.4 Å². The van der Waals surface area contributed by atoms with Crippen molar-refractivity contribution in [3.8, 4) is 0 Å². The van der Waals surface area contributed by atoms with E-state index in [0.29, 0.717) is 26.4 Å². The summed E-state index contributed by atoms with van der Waals surface area (Å²) < 4.78 is 0.616. The molecule has 30 heavy (non-hydrogen) atoms. The van der Waals surface area contributed by atoms with Gasteiger partial charge in [0.1, 0.15) is 5.82 Å². The number of rotatable bonds is 4. The average molecular weight is 490 g/mol. The predicted octanol–water partition coefficient (Wildman–Crippen LogP) is 5.09. The van der Waals surface area contributed by atoms with E-state index >= 15 is 0 Å². The maximum atomic E-state index is 12.8. The van der Waals surface area contributed by atoms with Crippen molar-refractivity contribution in [2.75, 3.05) is 6.54 Å². The van der Waals surface area contributed by atoms with Gasteiger partial charge >= 0.3 is 0 Å². The van der Waals surface area contributed by atoms with Crippen LogP contribution in [-0.4, -0.2) is 39.3 Å². The number of aromatic nitrogens is 2. The van der Waals surface area contributed by atoms with Gasteiger partial charge in [-0.25, -0.2) is 4.98 Å². The van der Waals surface area contributed by atoms with Crippen LogP contribution in [0.5, 0.6) is 0 Å². The summed E-state index contributed by atoms with van der Waals surface area (Å²) >= 11 is 9.48. The smallest absolute Gasteiger partial charge is 0.255 e. The maximum absolute atomic E-state index is 12.8. The molecule has 2 N–H and O–H groups in total. The second kappa shape index (κ2) is 8.40. The molecule has 0 aliphatic carbocycles. The first kappa shape index (κ1) is 20.9. The van der Waals surface area contributed by atoms with Crippen LogP contribution in [0, 0.1) is 0 Å². The number of hydrogen-bond donors (Lipinski definition) is 2. The summed E-state index contributed by atoms with van der Waals surface area (Å²) in [7, 11) is 0. The standard InChI is InChI=1S/C22H22BrClN4O2/c1-12-4-3-9-28(12)22(30)16-7-5-14(10-17(16)23)21(29)25-13(2)20-26-18-8-6-15(24)11-19(18)27-20/h5-8,10-13H,3-4,9H2,1-2H3,(H,25,29)(H,26,27)/t12-,13+/m1/s1. The third-order valence-corrected chi connectivity index (χ3v) is 6.39. The number of carbonyl (C=O) groups is 2. The van der Waals surface area contributed by atoms with Gasteiger partial charge in [-0.2, -0.15) is 0 Å². The summed E-state index contributed by atoms with van der Waals surface area (Å²) in [5.74, 6) is 0.401. The van der Waals surface area contributed by atoms with E-state index in [2.05, 4.69) is 38.1 Å². The lowest BCUT2D eigenvalue weighted by atomic mass is 10.1. The molecule has 1 aromatic heterocycles. The Morgan fingerprint density at radius 2 is 2.10 bits per heavy atom. The second-order valence-electron chi connectivity index (χ2n) is 7.66. The number of nitrogens with zero attached hydrogens (tertiary/aromatic N) is 2. The summed E-state index contributed by atoms with van der Waals surface area (Å²) in [6.45, 7) is 4.70. The molecule has 1 saturated heterocycles. The Labute approximate surface area is 188 Å². The van der Waals surface area contributed by atoms with E-state index < -0.39 is 0 Å². The largest absolute Gasteiger partial charge is 0.342 e. The third kappa shape index (κ3) is 4.09. The van der Waals surface area contributed by atoms with Gasteiger partial charge in [0.25, 0.3) is 11.8 Å². The molecule has 0 unspecified atom stereocenters. The normalized spacial score (nSPS) is 17.3. The molecule has 2 amide bonds. The molecule has 2 atom stereocenters. The van der Waals surface area contributed by atoms with Crippen LogP contribution in [0.1, 0.15) is 59.3 Å². The molecule has 0 radical (unpaired) electrons. The molecule has 2 heterocycles. The first-order valence-electron chi connectivity index (χ1n) is 9.90. The molecule has 4 rings (SSSR count). The fraction of sp³-hybridized carbons (Fsp3) is 0.318. The van der Waals surface area contributed by atoms with Crippen LogP contribution in [0.15, 0.2) is 40.9 Å². The molecular weight excluding hydrogens is 468 g/mol. The van der Waals surface area contributed by atoms with Gasteiger partial charge in [0.15, 0.2) is 0 Å². The van der Waals surface area contributed by atoms with Crippen molar-refractivity contribution in [1.29, 1.82) is 0 Å². The highest BCUT2D eigenvalue weighted by atomic mass is 79.9. The average Bonchev–Trinajstić information content (AvgIpc) is 3.33. The molecule has 0 bridgehead atoms. The first-order valence-corrected chi connectivity index (χ1v) is 11.1. The van der Waals surface area contributed by atoms with E-state index in [-0.39, 0.29) is 23.9 Å². The highest BCUT2D eigenvalue weighted by Crippen LogP contribution is 2.25. The lowest BCUT2D eigenvalue weighted by molar-refractivity contribution is 0.0745. The zero-order valence-corrected chi connectivity index (χ0v) is 19.0. The number of likely N-dealkylation sites (tertiary alicyclic amines) is 1. The molecule has 1 aliphatic heterocycles. The number of aromatic amines is 1. The summed E-state index contributed by atoms with van der Waals surface area (Å²) in [5, 5.41) is 3.56. The Balaban J connectivity index is 1.48. The van der Waals surface area contributed by atoms with Crippen LogP contribution in [0.2, 0.25) is 5.02 Å².